The van der Waals surface area contributed by atoms with E-state index in [-0.39, 0.29) is 22.8 Å². The van der Waals surface area contributed by atoms with Crippen molar-refractivity contribution in [3.8, 4) is 5.82 Å². The highest BCUT2D eigenvalue weighted by Crippen LogP contribution is 2.38. The van der Waals surface area contributed by atoms with Gasteiger partial charge in [0.2, 0.25) is 5.95 Å². The normalized spacial score (nSPS) is 12.8. The van der Waals surface area contributed by atoms with Crippen LogP contribution in [0, 0.1) is 0 Å². The van der Waals surface area contributed by atoms with Crippen LogP contribution >= 0.6 is 0 Å². The molecule has 9 heteroatoms. The van der Waals surface area contributed by atoms with Crippen LogP contribution in [-0.4, -0.2) is 19.5 Å². The lowest BCUT2D eigenvalue weighted by molar-refractivity contribution is -0.135. The molecule has 0 amide bonds. The zero-order valence-corrected chi connectivity index (χ0v) is 15.4. The van der Waals surface area contributed by atoms with Crippen LogP contribution in [0.15, 0.2) is 61.1 Å². The molecule has 0 bridgehead atoms. The molecule has 2 aromatic heterocycles. The molecule has 0 aliphatic carbocycles. The molecule has 2 aromatic carbocycles. The maximum Gasteiger partial charge on any atom is 0.420 e. The third kappa shape index (κ3) is 3.58. The number of nitrogens with zero attached hydrogens (tertiary/aromatic N) is 4. The van der Waals surface area contributed by atoms with Crippen LogP contribution in [-0.2, 0) is 6.18 Å². The number of benzene rings is 2. The van der Waals surface area contributed by atoms with E-state index in [0.29, 0.717) is 11.8 Å². The molecule has 1 atom stereocenters. The first kappa shape index (κ1) is 18.7. The summed E-state index contributed by atoms with van der Waals surface area (Å²) >= 11 is 0. The summed E-state index contributed by atoms with van der Waals surface area (Å²) in [4.78, 5) is 12.6. The van der Waals surface area contributed by atoms with E-state index in [1.165, 1.54) is 29.2 Å². The van der Waals surface area contributed by atoms with Crippen molar-refractivity contribution in [1.29, 1.82) is 0 Å². The standard InChI is InChI=1S/C20H17F3N6/c1-12(13-5-3-2-4-6-13)27-19-25-10-9-16(28-19)29-11-26-18-15(29)8-7-14(24)17(18)20(21,22)23/h2-12H,24H2,1H3,(H,25,27,28). The van der Waals surface area contributed by atoms with Gasteiger partial charge in [-0.25, -0.2) is 9.97 Å². The van der Waals surface area contributed by atoms with Crippen LogP contribution in [0.1, 0.15) is 24.1 Å². The van der Waals surface area contributed by atoms with Crippen molar-refractivity contribution in [2.45, 2.75) is 19.1 Å². The van der Waals surface area contributed by atoms with Gasteiger partial charge in [0.05, 0.1) is 11.6 Å². The molecular formula is C20H17F3N6. The average molecular weight is 398 g/mol. The number of nitrogen functional groups attached to an aromatic ring is 1. The summed E-state index contributed by atoms with van der Waals surface area (Å²) in [6.45, 7) is 1.97. The lowest BCUT2D eigenvalue weighted by Gasteiger charge is -2.15. The molecule has 0 spiro atoms. The minimum Gasteiger partial charge on any atom is -0.398 e. The molecule has 0 fully saturated rings. The molecule has 1 unspecified atom stereocenters. The van der Waals surface area contributed by atoms with Gasteiger partial charge >= 0.3 is 6.18 Å². The number of nitrogens with two attached hydrogens (primary N) is 1. The Hall–Kier alpha value is -3.62. The van der Waals surface area contributed by atoms with Crippen molar-refractivity contribution in [2.24, 2.45) is 0 Å². The Kier molecular flexibility index (Phi) is 4.57. The van der Waals surface area contributed by atoms with Gasteiger partial charge in [-0.3, -0.25) is 4.57 Å². The van der Waals surface area contributed by atoms with Gasteiger partial charge in [-0.05, 0) is 30.7 Å². The summed E-state index contributed by atoms with van der Waals surface area (Å²) < 4.78 is 41.7. The van der Waals surface area contributed by atoms with Gasteiger partial charge in [-0.2, -0.15) is 18.2 Å². The van der Waals surface area contributed by atoms with Crippen LogP contribution in [0.3, 0.4) is 0 Å². The number of aromatic nitrogens is 4. The Balaban J connectivity index is 1.71. The lowest BCUT2D eigenvalue weighted by Crippen LogP contribution is -2.11. The van der Waals surface area contributed by atoms with Gasteiger partial charge < -0.3 is 11.1 Å². The third-order valence-electron chi connectivity index (χ3n) is 4.57. The van der Waals surface area contributed by atoms with E-state index < -0.39 is 11.7 Å². The molecule has 0 aliphatic rings. The Labute approximate surface area is 164 Å². The molecule has 148 valence electrons. The fourth-order valence-electron chi connectivity index (χ4n) is 3.15. The van der Waals surface area contributed by atoms with Crippen molar-refractivity contribution in [3.05, 3.63) is 72.2 Å². The fraction of sp³-hybridized carbons (Fsp3) is 0.150. The maximum atomic E-state index is 13.4. The minimum atomic E-state index is -4.60. The Morgan fingerprint density at radius 1 is 1.03 bits per heavy atom. The van der Waals surface area contributed by atoms with Gasteiger partial charge in [0.25, 0.3) is 0 Å². The number of hydrogen-bond donors (Lipinski definition) is 2. The summed E-state index contributed by atoms with van der Waals surface area (Å²) in [5, 5.41) is 3.20. The van der Waals surface area contributed by atoms with Crippen molar-refractivity contribution in [1.82, 2.24) is 19.5 Å². The van der Waals surface area contributed by atoms with E-state index in [4.69, 9.17) is 5.73 Å². The topological polar surface area (TPSA) is 81.7 Å². The summed E-state index contributed by atoms with van der Waals surface area (Å²) in [7, 11) is 0. The van der Waals surface area contributed by atoms with Crippen LogP contribution in [0.5, 0.6) is 0 Å². The number of imidazole rings is 1. The first-order chi connectivity index (χ1) is 13.8. The van der Waals surface area contributed by atoms with E-state index >= 15 is 0 Å². The van der Waals surface area contributed by atoms with Gasteiger partial charge in [-0.1, -0.05) is 30.3 Å². The predicted molar refractivity (Wildman–Crippen MR) is 105 cm³/mol. The maximum absolute atomic E-state index is 13.4. The first-order valence-corrected chi connectivity index (χ1v) is 8.82. The number of alkyl halides is 3. The molecule has 29 heavy (non-hydrogen) atoms. The molecule has 0 saturated carbocycles. The number of rotatable bonds is 4. The second kappa shape index (κ2) is 7.08. The minimum absolute atomic E-state index is 0.0531. The number of hydrogen-bond acceptors (Lipinski definition) is 5. The van der Waals surface area contributed by atoms with Crippen LogP contribution < -0.4 is 11.1 Å². The van der Waals surface area contributed by atoms with Crippen LogP contribution in [0.25, 0.3) is 16.9 Å². The Morgan fingerprint density at radius 2 is 1.79 bits per heavy atom. The fourth-order valence-corrected chi connectivity index (χ4v) is 3.15. The zero-order valence-electron chi connectivity index (χ0n) is 15.4. The summed E-state index contributed by atoms with van der Waals surface area (Å²) in [6, 6.07) is 14.0. The van der Waals surface area contributed by atoms with Gasteiger partial charge in [0, 0.05) is 11.9 Å². The Morgan fingerprint density at radius 3 is 2.52 bits per heavy atom. The smallest absolute Gasteiger partial charge is 0.398 e. The van der Waals surface area contributed by atoms with E-state index in [1.54, 1.807) is 6.07 Å². The summed E-state index contributed by atoms with van der Waals surface area (Å²) in [5.41, 5.74) is 5.33. The highest BCUT2D eigenvalue weighted by molar-refractivity contribution is 5.85. The highest BCUT2D eigenvalue weighted by atomic mass is 19.4. The quantitative estimate of drug-likeness (QED) is 0.492. The second-order valence-corrected chi connectivity index (χ2v) is 6.53. The molecule has 2 heterocycles. The Bertz CT molecular complexity index is 1150. The third-order valence-corrected chi connectivity index (χ3v) is 4.57. The predicted octanol–water partition coefficient (Wildman–Crippen LogP) is 4.59. The molecule has 3 N–H and O–H groups in total. The highest BCUT2D eigenvalue weighted by Gasteiger charge is 2.36. The van der Waals surface area contributed by atoms with E-state index in [9.17, 15) is 13.2 Å². The molecule has 4 rings (SSSR count). The lowest BCUT2D eigenvalue weighted by atomic mass is 10.1. The molecule has 0 radical (unpaired) electrons. The average Bonchev–Trinajstić information content (AvgIpc) is 3.11. The van der Waals surface area contributed by atoms with E-state index in [2.05, 4.69) is 20.3 Å². The first-order valence-electron chi connectivity index (χ1n) is 8.82. The van der Waals surface area contributed by atoms with Crippen molar-refractivity contribution >= 4 is 22.7 Å². The van der Waals surface area contributed by atoms with Gasteiger partial charge in [0.15, 0.2) is 0 Å². The van der Waals surface area contributed by atoms with Gasteiger partial charge in [-0.15, -0.1) is 0 Å². The number of halogens is 3. The van der Waals surface area contributed by atoms with E-state index in [0.717, 1.165) is 5.56 Å². The molecule has 6 nitrogen and oxygen atoms in total. The summed E-state index contributed by atoms with van der Waals surface area (Å²) in [6.07, 6.45) is -1.77. The van der Waals surface area contributed by atoms with Crippen molar-refractivity contribution in [2.75, 3.05) is 11.1 Å². The van der Waals surface area contributed by atoms with Gasteiger partial charge in [0.1, 0.15) is 23.2 Å². The van der Waals surface area contributed by atoms with E-state index in [1.807, 2.05) is 37.3 Å². The van der Waals surface area contributed by atoms with Crippen molar-refractivity contribution in [3.63, 3.8) is 0 Å². The SMILES string of the molecule is CC(Nc1nccc(-n2cnc3c(C(F)(F)F)c(N)ccc32)n1)c1ccccc1. The number of nitrogens with one attached hydrogen (secondary N) is 1. The summed E-state index contributed by atoms with van der Waals surface area (Å²) in [5.74, 6) is 0.746. The largest absolute Gasteiger partial charge is 0.420 e. The molecule has 0 saturated heterocycles. The number of fused-ring (bicyclic) bond motifs is 1. The second-order valence-electron chi connectivity index (χ2n) is 6.53. The van der Waals surface area contributed by atoms with Crippen molar-refractivity contribution < 1.29 is 13.2 Å². The monoisotopic (exact) mass is 398 g/mol. The molecule has 0 aliphatic heterocycles. The van der Waals surface area contributed by atoms with Crippen LogP contribution in [0.2, 0.25) is 0 Å². The molecule has 4 aromatic rings. The zero-order chi connectivity index (χ0) is 20.6. The van der Waals surface area contributed by atoms with Crippen LogP contribution in [0.4, 0.5) is 24.8 Å². The molecular weight excluding hydrogens is 381 g/mol. The number of anilines is 2.